The Morgan fingerprint density at radius 1 is 1.14 bits per heavy atom. The Labute approximate surface area is 135 Å². The minimum absolute atomic E-state index is 0. The first-order valence-electron chi connectivity index (χ1n) is 8.62. The van der Waals surface area contributed by atoms with Gasteiger partial charge in [-0.05, 0) is 56.3 Å². The highest BCUT2D eigenvalue weighted by atomic mass is 35.5. The highest BCUT2D eigenvalue weighted by Gasteiger charge is 2.43. The van der Waals surface area contributed by atoms with Gasteiger partial charge in [-0.15, -0.1) is 12.4 Å². The fraction of sp³-hybridized carbons (Fsp3) is 0.941. The van der Waals surface area contributed by atoms with Crippen LogP contribution in [-0.4, -0.2) is 29.4 Å². The molecule has 0 aromatic rings. The van der Waals surface area contributed by atoms with Gasteiger partial charge in [-0.3, -0.25) is 4.79 Å². The van der Waals surface area contributed by atoms with E-state index in [1.165, 1.54) is 32.1 Å². The van der Waals surface area contributed by atoms with E-state index in [0.29, 0.717) is 35.7 Å². The molecule has 0 saturated heterocycles. The number of hydrogen-bond donors (Lipinski definition) is 1. The molecule has 0 aromatic heterocycles. The van der Waals surface area contributed by atoms with Crippen LogP contribution >= 0.6 is 12.4 Å². The molecule has 3 nitrogen and oxygen atoms in total. The van der Waals surface area contributed by atoms with Crippen LogP contribution in [0, 0.1) is 23.7 Å². The Bertz CT molecular complexity index is 356. The van der Waals surface area contributed by atoms with Crippen molar-refractivity contribution in [2.24, 2.45) is 29.4 Å². The molecule has 0 aliphatic heterocycles. The number of carbonyl (C=O) groups excluding carboxylic acids is 1. The van der Waals surface area contributed by atoms with Crippen molar-refractivity contribution < 1.29 is 4.79 Å². The van der Waals surface area contributed by atoms with Crippen LogP contribution in [0.15, 0.2) is 0 Å². The van der Waals surface area contributed by atoms with Gasteiger partial charge >= 0.3 is 0 Å². The minimum Gasteiger partial charge on any atom is -0.339 e. The number of halogens is 1. The highest BCUT2D eigenvalue weighted by molar-refractivity contribution is 5.85. The molecule has 1 amide bonds. The standard InChI is InChI=1S/C17H30N2O.ClH/c1-11(2)10-19(15-6-7-15)17(20)14-8-12-4-3-5-13(9-14)16(12)18;/h11-16H,3-10,18H2,1-2H3;1H. The van der Waals surface area contributed by atoms with Crippen LogP contribution in [0.3, 0.4) is 0 Å². The van der Waals surface area contributed by atoms with Gasteiger partial charge in [0.25, 0.3) is 0 Å². The van der Waals surface area contributed by atoms with E-state index in [4.69, 9.17) is 5.73 Å². The lowest BCUT2D eigenvalue weighted by Crippen LogP contribution is -2.50. The fourth-order valence-electron chi connectivity index (χ4n) is 4.42. The second-order valence-corrected chi connectivity index (χ2v) is 7.81. The lowest BCUT2D eigenvalue weighted by Gasteiger charge is -2.44. The zero-order valence-electron chi connectivity index (χ0n) is 13.5. The summed E-state index contributed by atoms with van der Waals surface area (Å²) in [5, 5.41) is 0. The molecule has 122 valence electrons. The maximum Gasteiger partial charge on any atom is 0.225 e. The van der Waals surface area contributed by atoms with Crippen molar-refractivity contribution in [2.45, 2.75) is 70.9 Å². The van der Waals surface area contributed by atoms with Crippen molar-refractivity contribution in [3.63, 3.8) is 0 Å². The molecule has 3 aliphatic carbocycles. The van der Waals surface area contributed by atoms with Crippen molar-refractivity contribution in [2.75, 3.05) is 6.54 Å². The molecule has 0 heterocycles. The number of amides is 1. The van der Waals surface area contributed by atoms with E-state index in [2.05, 4.69) is 18.7 Å². The number of hydrogen-bond acceptors (Lipinski definition) is 2. The smallest absolute Gasteiger partial charge is 0.225 e. The summed E-state index contributed by atoms with van der Waals surface area (Å²) >= 11 is 0. The summed E-state index contributed by atoms with van der Waals surface area (Å²) in [6, 6.07) is 0.924. The van der Waals surface area contributed by atoms with Crippen LogP contribution < -0.4 is 5.73 Å². The van der Waals surface area contributed by atoms with E-state index in [-0.39, 0.29) is 18.3 Å². The molecule has 0 aromatic carbocycles. The summed E-state index contributed by atoms with van der Waals surface area (Å²) in [5.41, 5.74) is 6.35. The van der Waals surface area contributed by atoms with Crippen molar-refractivity contribution in [1.29, 1.82) is 0 Å². The van der Waals surface area contributed by atoms with Gasteiger partial charge in [0.2, 0.25) is 5.91 Å². The molecule has 0 spiro atoms. The van der Waals surface area contributed by atoms with E-state index in [0.717, 1.165) is 19.4 Å². The molecule has 4 heteroatoms. The Morgan fingerprint density at radius 3 is 2.19 bits per heavy atom. The van der Waals surface area contributed by atoms with Crippen molar-refractivity contribution >= 4 is 18.3 Å². The third-order valence-electron chi connectivity index (χ3n) is 5.59. The Kier molecular flexibility index (Phi) is 5.59. The van der Waals surface area contributed by atoms with Crippen LogP contribution in [0.2, 0.25) is 0 Å². The van der Waals surface area contributed by atoms with Crippen molar-refractivity contribution in [3.05, 3.63) is 0 Å². The van der Waals surface area contributed by atoms with Crippen LogP contribution in [0.1, 0.15) is 58.8 Å². The molecule has 3 aliphatic rings. The molecule has 2 unspecified atom stereocenters. The normalized spacial score (nSPS) is 35.2. The SMILES string of the molecule is CC(C)CN(C(=O)C1CC2CCCC(C1)C2N)C1CC1.Cl. The Hall–Kier alpha value is -0.280. The third kappa shape index (κ3) is 3.73. The van der Waals surface area contributed by atoms with Crippen LogP contribution in [0.25, 0.3) is 0 Å². The minimum atomic E-state index is 0. The van der Waals surface area contributed by atoms with Gasteiger partial charge in [-0.2, -0.15) is 0 Å². The second-order valence-electron chi connectivity index (χ2n) is 7.81. The van der Waals surface area contributed by atoms with E-state index < -0.39 is 0 Å². The van der Waals surface area contributed by atoms with E-state index in [1.807, 2.05) is 0 Å². The van der Waals surface area contributed by atoms with Gasteiger partial charge in [-0.1, -0.05) is 20.3 Å². The van der Waals surface area contributed by atoms with Gasteiger partial charge in [-0.25, -0.2) is 0 Å². The lowest BCUT2D eigenvalue weighted by molar-refractivity contribution is -0.139. The maximum absolute atomic E-state index is 12.9. The van der Waals surface area contributed by atoms with Gasteiger partial charge < -0.3 is 10.6 Å². The molecular formula is C17H31ClN2O. The highest BCUT2D eigenvalue weighted by Crippen LogP contribution is 2.43. The zero-order valence-corrected chi connectivity index (χ0v) is 14.3. The van der Waals surface area contributed by atoms with E-state index >= 15 is 0 Å². The van der Waals surface area contributed by atoms with Gasteiger partial charge in [0.15, 0.2) is 0 Å². The molecule has 0 radical (unpaired) electrons. The van der Waals surface area contributed by atoms with Gasteiger partial charge in [0.1, 0.15) is 0 Å². The molecule has 21 heavy (non-hydrogen) atoms. The number of carbonyl (C=O) groups is 1. The zero-order chi connectivity index (χ0) is 14.3. The molecular weight excluding hydrogens is 284 g/mol. The molecule has 3 saturated carbocycles. The van der Waals surface area contributed by atoms with Crippen LogP contribution in [-0.2, 0) is 4.79 Å². The summed E-state index contributed by atoms with van der Waals surface area (Å²) in [6.07, 6.45) is 8.36. The summed E-state index contributed by atoms with van der Waals surface area (Å²) in [7, 11) is 0. The topological polar surface area (TPSA) is 46.3 Å². The fourth-order valence-corrected chi connectivity index (χ4v) is 4.42. The third-order valence-corrected chi connectivity index (χ3v) is 5.59. The van der Waals surface area contributed by atoms with E-state index in [1.54, 1.807) is 0 Å². The van der Waals surface area contributed by atoms with Gasteiger partial charge in [0, 0.05) is 24.5 Å². The number of nitrogens with two attached hydrogens (primary N) is 1. The number of rotatable bonds is 4. The Balaban J connectivity index is 0.00000161. The summed E-state index contributed by atoms with van der Waals surface area (Å²) < 4.78 is 0. The summed E-state index contributed by atoms with van der Waals surface area (Å²) in [6.45, 7) is 5.38. The molecule has 2 atom stereocenters. The molecule has 3 fully saturated rings. The number of fused-ring (bicyclic) bond motifs is 2. The largest absolute Gasteiger partial charge is 0.339 e. The molecule has 2 N–H and O–H groups in total. The van der Waals surface area contributed by atoms with Crippen molar-refractivity contribution in [3.8, 4) is 0 Å². The number of nitrogens with zero attached hydrogens (tertiary/aromatic N) is 1. The summed E-state index contributed by atoms with van der Waals surface area (Å²) in [4.78, 5) is 15.1. The van der Waals surface area contributed by atoms with Crippen LogP contribution in [0.5, 0.6) is 0 Å². The molecule has 2 bridgehead atoms. The van der Waals surface area contributed by atoms with Crippen molar-refractivity contribution in [1.82, 2.24) is 4.90 Å². The predicted molar refractivity (Wildman–Crippen MR) is 88.4 cm³/mol. The first kappa shape index (κ1) is 17.1. The first-order chi connectivity index (χ1) is 9.56. The summed E-state index contributed by atoms with van der Waals surface area (Å²) in [5.74, 6) is 2.51. The average molecular weight is 315 g/mol. The average Bonchev–Trinajstić information content (AvgIpc) is 3.18. The lowest BCUT2D eigenvalue weighted by atomic mass is 9.65. The Morgan fingerprint density at radius 2 is 1.71 bits per heavy atom. The second kappa shape index (κ2) is 6.87. The van der Waals surface area contributed by atoms with Crippen LogP contribution in [0.4, 0.5) is 0 Å². The van der Waals surface area contributed by atoms with E-state index in [9.17, 15) is 4.79 Å². The van der Waals surface area contributed by atoms with Gasteiger partial charge in [0.05, 0.1) is 0 Å². The first-order valence-corrected chi connectivity index (χ1v) is 8.62. The molecule has 3 rings (SSSR count). The predicted octanol–water partition coefficient (Wildman–Crippen LogP) is 3.21. The maximum atomic E-state index is 12.9. The monoisotopic (exact) mass is 314 g/mol. The quantitative estimate of drug-likeness (QED) is 0.866.